The zero-order valence-corrected chi connectivity index (χ0v) is 17.8. The van der Waals surface area contributed by atoms with Gasteiger partial charge in [0.2, 0.25) is 5.91 Å². The van der Waals surface area contributed by atoms with Crippen molar-refractivity contribution >= 4 is 33.9 Å². The van der Waals surface area contributed by atoms with E-state index in [-0.39, 0.29) is 11.4 Å². The molecule has 1 aliphatic rings. The lowest BCUT2D eigenvalue weighted by Crippen LogP contribution is -2.60. The van der Waals surface area contributed by atoms with Gasteiger partial charge in [0.15, 0.2) is 0 Å². The van der Waals surface area contributed by atoms with Crippen molar-refractivity contribution in [2.24, 2.45) is 0 Å². The predicted octanol–water partition coefficient (Wildman–Crippen LogP) is 4.37. The Morgan fingerprint density at radius 2 is 1.76 bits per heavy atom. The number of carbonyl (C=O) groups excluding carboxylic acids is 1. The highest BCUT2D eigenvalue weighted by atomic mass is 16.2. The summed E-state index contributed by atoms with van der Waals surface area (Å²) in [6.45, 7) is 7.49. The molecule has 29 heavy (non-hydrogen) atoms. The third-order valence-corrected chi connectivity index (χ3v) is 5.98. The molecule has 1 amide bonds. The number of carbonyl (C=O) groups is 1. The largest absolute Gasteiger partial charge is 0.344 e. The van der Waals surface area contributed by atoms with Crippen molar-refractivity contribution in [2.75, 3.05) is 37.0 Å². The molecule has 1 saturated heterocycles. The Labute approximate surface area is 172 Å². The Bertz CT molecular complexity index is 1060. The van der Waals surface area contributed by atoms with Crippen molar-refractivity contribution in [2.45, 2.75) is 26.3 Å². The van der Waals surface area contributed by atoms with Crippen LogP contribution in [0.5, 0.6) is 0 Å². The Hall–Kier alpha value is -2.92. The minimum absolute atomic E-state index is 0.0448. The van der Waals surface area contributed by atoms with Crippen molar-refractivity contribution in [1.29, 1.82) is 0 Å². The average Bonchev–Trinajstić information content (AvgIpc) is 2.70. The van der Waals surface area contributed by atoms with Gasteiger partial charge in [0.25, 0.3) is 0 Å². The van der Waals surface area contributed by atoms with E-state index < -0.39 is 0 Å². The molecule has 2 heterocycles. The third kappa shape index (κ3) is 3.58. The van der Waals surface area contributed by atoms with Crippen LogP contribution in [-0.4, -0.2) is 48.5 Å². The van der Waals surface area contributed by atoms with Crippen LogP contribution >= 0.6 is 0 Å². The fourth-order valence-corrected chi connectivity index (χ4v) is 3.89. The number of aryl methyl sites for hydroxylation is 1. The summed E-state index contributed by atoms with van der Waals surface area (Å²) < 4.78 is 0. The van der Waals surface area contributed by atoms with Crippen molar-refractivity contribution < 1.29 is 4.79 Å². The Morgan fingerprint density at radius 1 is 1.07 bits per heavy atom. The fraction of sp³-hybridized carbons (Fsp3) is 0.333. The molecule has 1 aliphatic heterocycles. The molecular weight excluding hydrogens is 360 g/mol. The van der Waals surface area contributed by atoms with Gasteiger partial charge in [0, 0.05) is 41.6 Å². The number of pyridine rings is 1. The van der Waals surface area contributed by atoms with E-state index in [1.54, 1.807) is 0 Å². The van der Waals surface area contributed by atoms with Gasteiger partial charge in [0.1, 0.15) is 0 Å². The van der Waals surface area contributed by atoms with Crippen LogP contribution in [0.4, 0.5) is 17.1 Å². The summed E-state index contributed by atoms with van der Waals surface area (Å²) in [7, 11) is 4.08. The van der Waals surface area contributed by atoms with Crippen molar-refractivity contribution in [3.05, 3.63) is 60.3 Å². The maximum absolute atomic E-state index is 12.6. The molecule has 0 N–H and O–H groups in total. The molecule has 0 unspecified atom stereocenters. The summed E-state index contributed by atoms with van der Waals surface area (Å²) in [4.78, 5) is 23.4. The number of rotatable bonds is 3. The van der Waals surface area contributed by atoms with Gasteiger partial charge in [0.05, 0.1) is 17.7 Å². The first-order valence-corrected chi connectivity index (χ1v) is 9.98. The molecule has 5 nitrogen and oxygen atoms in total. The molecule has 1 aromatic heterocycles. The van der Waals surface area contributed by atoms with Crippen LogP contribution in [0.15, 0.2) is 54.6 Å². The van der Waals surface area contributed by atoms with E-state index in [0.29, 0.717) is 13.1 Å². The van der Waals surface area contributed by atoms with Gasteiger partial charge in [-0.25, -0.2) is 0 Å². The molecule has 2 aromatic carbocycles. The highest BCUT2D eigenvalue weighted by Gasteiger charge is 2.36. The number of aromatic nitrogens is 1. The van der Waals surface area contributed by atoms with E-state index in [2.05, 4.69) is 59.9 Å². The lowest BCUT2D eigenvalue weighted by molar-refractivity contribution is -0.123. The van der Waals surface area contributed by atoms with Gasteiger partial charge >= 0.3 is 0 Å². The number of anilines is 3. The molecule has 0 spiro atoms. The lowest BCUT2D eigenvalue weighted by Gasteiger charge is -2.44. The van der Waals surface area contributed by atoms with E-state index in [0.717, 1.165) is 33.7 Å². The molecule has 0 bridgehead atoms. The summed E-state index contributed by atoms with van der Waals surface area (Å²) in [6, 6.07) is 18.6. The van der Waals surface area contributed by atoms with Crippen molar-refractivity contribution in [3.8, 4) is 0 Å². The molecule has 5 heteroatoms. The Kier molecular flexibility index (Phi) is 4.79. The number of fused-ring (bicyclic) bond motifs is 1. The minimum atomic E-state index is -0.0448. The number of piperazine rings is 1. The fourth-order valence-electron chi connectivity index (χ4n) is 3.89. The molecule has 0 atom stereocenters. The number of hydrogen-bond acceptors (Lipinski definition) is 4. The van der Waals surface area contributed by atoms with E-state index in [1.807, 2.05) is 49.2 Å². The van der Waals surface area contributed by atoms with E-state index in [4.69, 9.17) is 0 Å². The summed E-state index contributed by atoms with van der Waals surface area (Å²) >= 11 is 0. The average molecular weight is 389 g/mol. The topological polar surface area (TPSA) is 39.7 Å². The van der Waals surface area contributed by atoms with Gasteiger partial charge in [-0.1, -0.05) is 18.2 Å². The molecule has 3 aromatic rings. The Balaban J connectivity index is 1.64. The second-order valence-electron chi connectivity index (χ2n) is 8.52. The van der Waals surface area contributed by atoms with E-state index >= 15 is 0 Å². The first-order chi connectivity index (χ1) is 13.8. The molecule has 4 rings (SSSR count). The zero-order chi connectivity index (χ0) is 20.8. The van der Waals surface area contributed by atoms with Crippen LogP contribution in [0.1, 0.15) is 19.5 Å². The van der Waals surface area contributed by atoms with Gasteiger partial charge in [-0.15, -0.1) is 0 Å². The number of benzene rings is 2. The van der Waals surface area contributed by atoms with E-state index in [1.165, 1.54) is 0 Å². The third-order valence-electron chi connectivity index (χ3n) is 5.98. The minimum Gasteiger partial charge on any atom is -0.344 e. The molecule has 0 radical (unpaired) electrons. The first kappa shape index (κ1) is 19.4. The van der Waals surface area contributed by atoms with Crippen LogP contribution in [-0.2, 0) is 4.79 Å². The summed E-state index contributed by atoms with van der Waals surface area (Å²) in [5, 5.41) is 1.13. The molecule has 0 aliphatic carbocycles. The molecule has 0 saturated carbocycles. The normalized spacial score (nSPS) is 17.0. The van der Waals surface area contributed by atoms with Crippen molar-refractivity contribution in [1.82, 2.24) is 9.88 Å². The highest BCUT2D eigenvalue weighted by molar-refractivity contribution is 5.97. The smallest absolute Gasteiger partial charge is 0.241 e. The summed E-state index contributed by atoms with van der Waals surface area (Å²) in [5.74, 6) is 0.142. The SMILES string of the molecule is Cc1cc(N(C)c2ccc(N3CC(C)(C)N(C)CC3=O)cc2)c2ccccc2n1. The molecule has 150 valence electrons. The summed E-state index contributed by atoms with van der Waals surface area (Å²) in [5.41, 5.74) is 5.09. The lowest BCUT2D eigenvalue weighted by atomic mass is 9.99. The van der Waals surface area contributed by atoms with Gasteiger partial charge in [-0.2, -0.15) is 0 Å². The van der Waals surface area contributed by atoms with Crippen LogP contribution in [0.25, 0.3) is 10.9 Å². The number of para-hydroxylation sites is 1. The number of amides is 1. The molecule has 1 fully saturated rings. The Morgan fingerprint density at radius 3 is 2.48 bits per heavy atom. The van der Waals surface area contributed by atoms with Crippen molar-refractivity contribution in [3.63, 3.8) is 0 Å². The molecular formula is C24H28N4O. The maximum atomic E-state index is 12.6. The number of hydrogen-bond donors (Lipinski definition) is 0. The van der Waals surface area contributed by atoms with Crippen LogP contribution in [0, 0.1) is 6.92 Å². The first-order valence-electron chi connectivity index (χ1n) is 9.98. The van der Waals surface area contributed by atoms with Gasteiger partial charge in [-0.3, -0.25) is 14.7 Å². The van der Waals surface area contributed by atoms with Gasteiger partial charge < -0.3 is 9.80 Å². The number of likely N-dealkylation sites (N-methyl/N-ethyl adjacent to an activating group) is 1. The van der Waals surface area contributed by atoms with Crippen LogP contribution in [0.3, 0.4) is 0 Å². The second kappa shape index (κ2) is 7.16. The quantitative estimate of drug-likeness (QED) is 0.668. The monoisotopic (exact) mass is 388 g/mol. The van der Waals surface area contributed by atoms with Crippen LogP contribution in [0.2, 0.25) is 0 Å². The highest BCUT2D eigenvalue weighted by Crippen LogP contribution is 2.33. The number of nitrogens with zero attached hydrogens (tertiary/aromatic N) is 4. The summed E-state index contributed by atoms with van der Waals surface area (Å²) in [6.07, 6.45) is 0. The standard InChI is InChI=1S/C24H28N4O/c1-17-14-22(20-8-6-7-9-21(20)25-17)27(5)18-10-12-19(13-11-18)28-16-24(2,3)26(4)15-23(28)29/h6-14H,15-16H2,1-5H3. The van der Waals surface area contributed by atoms with Crippen LogP contribution < -0.4 is 9.80 Å². The second-order valence-corrected chi connectivity index (χ2v) is 8.52. The predicted molar refractivity (Wildman–Crippen MR) is 120 cm³/mol. The zero-order valence-electron chi connectivity index (χ0n) is 17.8. The van der Waals surface area contributed by atoms with E-state index in [9.17, 15) is 4.79 Å². The maximum Gasteiger partial charge on any atom is 0.241 e. The van der Waals surface area contributed by atoms with Gasteiger partial charge in [-0.05, 0) is 64.2 Å².